The van der Waals surface area contributed by atoms with Crippen LogP contribution in [0.4, 0.5) is 0 Å². The minimum absolute atomic E-state index is 0.494. The van der Waals surface area contributed by atoms with Crippen LogP contribution in [-0.2, 0) is 4.74 Å². The monoisotopic (exact) mass is 98.1 g/mol. The molecule has 2 heteroatoms. The summed E-state index contributed by atoms with van der Waals surface area (Å²) in [6.45, 7) is -0.0845. The molecule has 0 bridgehead atoms. The third-order valence-electron chi connectivity index (χ3n) is 0.627. The van der Waals surface area contributed by atoms with E-state index in [1.165, 1.54) is 6.21 Å². The molecule has 0 amide bonds. The molecule has 0 saturated carbocycles. The number of aliphatic imine (C=N–C) groups is 1. The predicted molar refractivity (Wildman–Crippen MR) is 28.5 cm³/mol. The van der Waals surface area contributed by atoms with Gasteiger partial charge in [0.05, 0.1) is 14.6 Å². The molecule has 1 aliphatic heterocycles. The maximum Gasteiger partial charge on any atom is 0.0822 e. The molecular formula is C5H7NO. The van der Waals surface area contributed by atoms with Gasteiger partial charge in [0.2, 0.25) is 0 Å². The molecule has 1 unspecified atom stereocenters. The second kappa shape index (κ2) is 2.53. The van der Waals surface area contributed by atoms with Crippen LogP contribution in [0.3, 0.4) is 0 Å². The van der Waals surface area contributed by atoms with E-state index in [1.807, 2.05) is 0 Å². The van der Waals surface area contributed by atoms with Crippen LogP contribution >= 0.6 is 0 Å². The highest BCUT2D eigenvalue weighted by molar-refractivity contribution is 5.59. The smallest absolute Gasteiger partial charge is 0.0822 e. The molecule has 0 fully saturated rings. The van der Waals surface area contributed by atoms with Crippen LogP contribution in [0.5, 0.6) is 0 Å². The van der Waals surface area contributed by atoms with Gasteiger partial charge in [-0.3, -0.25) is 4.99 Å². The molecule has 0 aromatic rings. The highest BCUT2D eigenvalue weighted by Crippen LogP contribution is 1.81. The van der Waals surface area contributed by atoms with E-state index in [-0.39, 0.29) is 0 Å². The Labute approximate surface area is 43.9 Å². The van der Waals surface area contributed by atoms with Crippen molar-refractivity contribution in [2.45, 2.75) is 0 Å². The lowest BCUT2D eigenvalue weighted by molar-refractivity contribution is 0.208. The van der Waals surface area contributed by atoms with Gasteiger partial charge in [0.15, 0.2) is 0 Å². The number of hydrogen-bond donors (Lipinski definition) is 0. The molecule has 0 N–H and O–H groups in total. The van der Waals surface area contributed by atoms with Gasteiger partial charge in [-0.15, -0.1) is 0 Å². The Hall–Kier alpha value is -0.630. The van der Waals surface area contributed by atoms with Crippen molar-refractivity contribution in [1.29, 1.82) is 0 Å². The lowest BCUT2D eigenvalue weighted by atomic mass is 10.7. The lowest BCUT2D eigenvalue weighted by Crippen LogP contribution is -1.91. The van der Waals surface area contributed by atoms with Gasteiger partial charge >= 0.3 is 0 Å². The summed E-state index contributed by atoms with van der Waals surface area (Å²) in [5.74, 6) is 0. The van der Waals surface area contributed by atoms with E-state index >= 15 is 0 Å². The van der Waals surface area contributed by atoms with Gasteiger partial charge in [-0.25, -0.2) is 0 Å². The first-order chi connectivity index (χ1) is 3.89. The van der Waals surface area contributed by atoms with Gasteiger partial charge in [0.25, 0.3) is 0 Å². The van der Waals surface area contributed by atoms with Crippen LogP contribution in [0.15, 0.2) is 17.3 Å². The first kappa shape index (κ1) is 3.38. The van der Waals surface area contributed by atoms with Crippen LogP contribution in [-0.4, -0.2) is 19.4 Å². The van der Waals surface area contributed by atoms with E-state index in [1.54, 1.807) is 12.3 Å². The van der Waals surface area contributed by atoms with Gasteiger partial charge in [0, 0.05) is 12.4 Å². The average molecular weight is 98.1 g/mol. The van der Waals surface area contributed by atoms with E-state index in [0.29, 0.717) is 6.61 Å². The quantitative estimate of drug-likeness (QED) is 0.434. The van der Waals surface area contributed by atoms with Crippen molar-refractivity contribution in [3.8, 4) is 0 Å². The zero-order chi connectivity index (χ0) is 5.82. The van der Waals surface area contributed by atoms with E-state index in [9.17, 15) is 0 Å². The molecule has 2 nitrogen and oxygen atoms in total. The summed E-state index contributed by atoms with van der Waals surface area (Å²) in [5.41, 5.74) is 0. The normalized spacial score (nSPS) is 32.0. The molecule has 0 spiro atoms. The Morgan fingerprint density at radius 3 is 3.86 bits per heavy atom. The molecule has 0 radical (unpaired) electrons. The van der Waals surface area contributed by atoms with E-state index < -0.39 is 6.58 Å². The predicted octanol–water partition coefficient (Wildman–Crippen LogP) is 0.601. The Kier molecular flexibility index (Phi) is 1.22. The number of hydrogen-bond acceptors (Lipinski definition) is 2. The highest BCUT2D eigenvalue weighted by Gasteiger charge is 1.80. The van der Waals surface area contributed by atoms with Gasteiger partial charge in [-0.05, 0) is 6.08 Å². The second-order valence-corrected chi connectivity index (χ2v) is 1.15. The average Bonchev–Trinajstić information content (AvgIpc) is 1.94. The summed E-state index contributed by atoms with van der Waals surface area (Å²) in [6, 6.07) is 0. The lowest BCUT2D eigenvalue weighted by Gasteiger charge is -1.86. The van der Waals surface area contributed by atoms with Crippen LogP contribution in [0, 0.1) is 0 Å². The number of ether oxygens (including phenoxy) is 1. The van der Waals surface area contributed by atoms with Gasteiger partial charge in [-0.2, -0.15) is 0 Å². The first-order valence-electron chi connectivity index (χ1n) is 2.69. The van der Waals surface area contributed by atoms with Crippen LogP contribution in [0.2, 0.25) is 0 Å². The van der Waals surface area contributed by atoms with Crippen molar-refractivity contribution in [2.24, 2.45) is 4.99 Å². The fourth-order valence-corrected chi connectivity index (χ4v) is 0.343. The minimum atomic E-state index is -0.579. The van der Waals surface area contributed by atoms with Crippen LogP contribution in [0.25, 0.3) is 0 Å². The van der Waals surface area contributed by atoms with Crippen molar-refractivity contribution < 1.29 is 6.11 Å². The molecule has 0 aromatic heterocycles. The number of nitrogens with zero attached hydrogens (tertiary/aromatic N) is 1. The zero-order valence-electron chi connectivity index (χ0n) is 4.87. The van der Waals surface area contributed by atoms with Gasteiger partial charge in [0.1, 0.15) is 0 Å². The van der Waals surface area contributed by atoms with Gasteiger partial charge < -0.3 is 4.74 Å². The first-order valence-corrected chi connectivity index (χ1v) is 2.12. The van der Waals surface area contributed by atoms with Crippen LogP contribution in [0.1, 0.15) is 1.37 Å². The molecular weight excluding hydrogens is 90.1 g/mol. The SMILES string of the molecule is [2H]C1C=NC=CCO1. The molecule has 1 aliphatic rings. The summed E-state index contributed by atoms with van der Waals surface area (Å²) in [4.78, 5) is 3.73. The molecule has 1 rings (SSSR count). The third-order valence-corrected chi connectivity index (χ3v) is 0.627. The maximum absolute atomic E-state index is 7.00. The Morgan fingerprint density at radius 2 is 2.86 bits per heavy atom. The summed E-state index contributed by atoms with van der Waals surface area (Å²) >= 11 is 0. The van der Waals surface area contributed by atoms with Crippen molar-refractivity contribution >= 4 is 6.21 Å². The van der Waals surface area contributed by atoms with E-state index in [0.717, 1.165) is 0 Å². The summed E-state index contributed by atoms with van der Waals surface area (Å²) in [7, 11) is 0. The van der Waals surface area contributed by atoms with Crippen molar-refractivity contribution in [3.05, 3.63) is 12.3 Å². The van der Waals surface area contributed by atoms with E-state index in [4.69, 9.17) is 6.11 Å². The molecule has 7 heavy (non-hydrogen) atoms. The summed E-state index contributed by atoms with van der Waals surface area (Å²) in [5, 5.41) is 0. The summed E-state index contributed by atoms with van der Waals surface area (Å²) in [6.07, 6.45) is 4.85. The van der Waals surface area contributed by atoms with Gasteiger partial charge in [-0.1, -0.05) is 0 Å². The molecule has 38 valence electrons. The van der Waals surface area contributed by atoms with Crippen molar-refractivity contribution in [2.75, 3.05) is 13.2 Å². The van der Waals surface area contributed by atoms with Crippen molar-refractivity contribution in [1.82, 2.24) is 0 Å². The standard InChI is InChI=1S/C5H7NO/c1-2-6-3-5-7-4-1/h1-3H,4-5H2/i5D. The second-order valence-electron chi connectivity index (χ2n) is 1.15. The largest absolute Gasteiger partial charge is 0.372 e. The molecule has 1 heterocycles. The highest BCUT2D eigenvalue weighted by atomic mass is 16.5. The molecule has 0 saturated heterocycles. The Morgan fingerprint density at radius 1 is 1.86 bits per heavy atom. The van der Waals surface area contributed by atoms with Crippen LogP contribution < -0.4 is 0 Å². The zero-order valence-corrected chi connectivity index (χ0v) is 3.87. The molecule has 1 atom stereocenters. The van der Waals surface area contributed by atoms with Crippen molar-refractivity contribution in [3.63, 3.8) is 0 Å². The number of rotatable bonds is 0. The Bertz CT molecular complexity index is 122. The summed E-state index contributed by atoms with van der Waals surface area (Å²) < 4.78 is 11.8. The fraction of sp³-hybridized carbons (Fsp3) is 0.400. The molecule has 0 aliphatic carbocycles. The topological polar surface area (TPSA) is 21.6 Å². The third kappa shape index (κ3) is 1.50. The minimum Gasteiger partial charge on any atom is -0.372 e. The Balaban J connectivity index is 2.46. The fourth-order valence-electron chi connectivity index (χ4n) is 0.343. The van der Waals surface area contributed by atoms with E-state index in [2.05, 4.69) is 4.99 Å². The maximum atomic E-state index is 7.00. The molecule has 0 aromatic carbocycles.